The van der Waals surface area contributed by atoms with Gasteiger partial charge in [-0.15, -0.1) is 0 Å². The smallest absolute Gasteiger partial charge is 0.147 e. The molecule has 1 heterocycles. The lowest BCUT2D eigenvalue weighted by molar-refractivity contribution is 0.288. The summed E-state index contributed by atoms with van der Waals surface area (Å²) in [4.78, 5) is 4.14. The number of imidazole rings is 1. The van der Waals surface area contributed by atoms with Crippen LogP contribution in [0.3, 0.4) is 0 Å². The van der Waals surface area contributed by atoms with Gasteiger partial charge in [-0.1, -0.05) is 11.6 Å². The Bertz CT molecular complexity index is 571. The summed E-state index contributed by atoms with van der Waals surface area (Å²) in [5.41, 5.74) is 0.766. The number of halogens is 2. The van der Waals surface area contributed by atoms with Gasteiger partial charge in [-0.25, -0.2) is 9.37 Å². The predicted octanol–water partition coefficient (Wildman–Crippen LogP) is 2.51. The lowest BCUT2D eigenvalue weighted by atomic mass is 10.2. The summed E-state index contributed by atoms with van der Waals surface area (Å²) in [6, 6.07) is 4.45. The molecule has 0 saturated heterocycles. The highest BCUT2D eigenvalue weighted by Gasteiger charge is 2.08. The van der Waals surface area contributed by atoms with Crippen LogP contribution in [0.4, 0.5) is 4.39 Å². The molecule has 1 aromatic carbocycles. The van der Waals surface area contributed by atoms with Crippen molar-refractivity contribution in [2.75, 3.05) is 7.05 Å². The van der Waals surface area contributed by atoms with Crippen molar-refractivity contribution in [2.24, 2.45) is 7.05 Å². The third kappa shape index (κ3) is 3.24. The molecule has 0 saturated carbocycles. The molecule has 0 aliphatic carbocycles. The van der Waals surface area contributed by atoms with Crippen LogP contribution < -0.4 is 10.1 Å². The highest BCUT2D eigenvalue weighted by molar-refractivity contribution is 6.29. The zero-order valence-corrected chi connectivity index (χ0v) is 11.5. The molecule has 0 spiro atoms. The minimum absolute atomic E-state index is 0.280. The summed E-state index contributed by atoms with van der Waals surface area (Å²) in [6.07, 6.45) is 1.57. The number of ether oxygens (including phenoxy) is 1. The van der Waals surface area contributed by atoms with E-state index < -0.39 is 0 Å². The Morgan fingerprint density at radius 2 is 2.26 bits per heavy atom. The number of aromatic nitrogens is 2. The van der Waals surface area contributed by atoms with E-state index in [4.69, 9.17) is 16.3 Å². The van der Waals surface area contributed by atoms with Crippen molar-refractivity contribution in [3.63, 3.8) is 0 Å². The second-order valence-electron chi connectivity index (χ2n) is 4.13. The molecule has 0 fully saturated rings. The third-order valence-electron chi connectivity index (χ3n) is 2.77. The van der Waals surface area contributed by atoms with Gasteiger partial charge in [0.05, 0.1) is 6.20 Å². The van der Waals surface area contributed by atoms with Crippen molar-refractivity contribution in [1.29, 1.82) is 0 Å². The molecule has 0 aliphatic rings. The van der Waals surface area contributed by atoms with Gasteiger partial charge in [0, 0.05) is 19.2 Å². The van der Waals surface area contributed by atoms with Gasteiger partial charge in [0.25, 0.3) is 0 Å². The fourth-order valence-corrected chi connectivity index (χ4v) is 1.86. The molecule has 4 nitrogen and oxygen atoms in total. The first-order valence-corrected chi connectivity index (χ1v) is 6.21. The van der Waals surface area contributed by atoms with Crippen LogP contribution in [0.2, 0.25) is 5.15 Å². The van der Waals surface area contributed by atoms with Crippen LogP contribution >= 0.6 is 11.6 Å². The van der Waals surface area contributed by atoms with E-state index in [1.807, 2.05) is 7.05 Å². The first kappa shape index (κ1) is 13.8. The maximum atomic E-state index is 13.2. The molecule has 0 amide bonds. The Morgan fingerprint density at radius 3 is 2.89 bits per heavy atom. The average molecular weight is 284 g/mol. The van der Waals surface area contributed by atoms with Crippen molar-refractivity contribution in [1.82, 2.24) is 14.9 Å². The molecule has 0 unspecified atom stereocenters. The molecule has 1 N–H and O–H groups in total. The van der Waals surface area contributed by atoms with Gasteiger partial charge in [-0.3, -0.25) is 0 Å². The van der Waals surface area contributed by atoms with Crippen molar-refractivity contribution >= 4 is 11.6 Å². The van der Waals surface area contributed by atoms with Gasteiger partial charge < -0.3 is 14.6 Å². The second kappa shape index (κ2) is 6.04. The summed E-state index contributed by atoms with van der Waals surface area (Å²) in [5, 5.41) is 3.53. The van der Waals surface area contributed by atoms with E-state index >= 15 is 0 Å². The van der Waals surface area contributed by atoms with Crippen molar-refractivity contribution < 1.29 is 9.13 Å². The summed E-state index contributed by atoms with van der Waals surface area (Å²) < 4.78 is 20.6. The molecule has 6 heteroatoms. The van der Waals surface area contributed by atoms with Crippen LogP contribution in [0.15, 0.2) is 24.4 Å². The monoisotopic (exact) mass is 283 g/mol. The van der Waals surface area contributed by atoms with Crippen molar-refractivity contribution in [3.8, 4) is 5.75 Å². The lowest BCUT2D eigenvalue weighted by Gasteiger charge is -2.11. The Kier molecular flexibility index (Phi) is 4.39. The normalized spacial score (nSPS) is 10.7. The van der Waals surface area contributed by atoms with E-state index in [2.05, 4.69) is 10.3 Å². The molecule has 0 aliphatic heterocycles. The number of hydrogen-bond acceptors (Lipinski definition) is 3. The van der Waals surface area contributed by atoms with Crippen LogP contribution in [-0.4, -0.2) is 16.6 Å². The van der Waals surface area contributed by atoms with E-state index in [1.165, 1.54) is 12.1 Å². The van der Waals surface area contributed by atoms with Crippen molar-refractivity contribution in [3.05, 3.63) is 46.8 Å². The molecule has 19 heavy (non-hydrogen) atoms. The molecule has 2 aromatic rings. The summed E-state index contributed by atoms with van der Waals surface area (Å²) in [7, 11) is 3.61. The van der Waals surface area contributed by atoms with Crippen LogP contribution in [0, 0.1) is 5.82 Å². The number of benzene rings is 1. The Morgan fingerprint density at radius 1 is 1.47 bits per heavy atom. The largest absolute Gasteiger partial charge is 0.485 e. The standard InChI is InChI=1S/C13H15ClFN3O/c1-16-6-9-5-10(15)3-4-11(9)19-8-13-17-7-12(14)18(13)2/h3-5,7,16H,6,8H2,1-2H3. The minimum Gasteiger partial charge on any atom is -0.485 e. The third-order valence-corrected chi connectivity index (χ3v) is 3.13. The highest BCUT2D eigenvalue weighted by Crippen LogP contribution is 2.21. The average Bonchev–Trinajstić information content (AvgIpc) is 2.70. The van der Waals surface area contributed by atoms with Crippen LogP contribution in [0.5, 0.6) is 5.75 Å². The van der Waals surface area contributed by atoms with Gasteiger partial charge in [-0.2, -0.15) is 0 Å². The molecule has 2 rings (SSSR count). The van der Waals surface area contributed by atoms with Crippen LogP contribution in [0.1, 0.15) is 11.4 Å². The van der Waals surface area contributed by atoms with Crippen LogP contribution in [-0.2, 0) is 20.2 Å². The zero-order chi connectivity index (χ0) is 13.8. The first-order valence-electron chi connectivity index (χ1n) is 5.83. The predicted molar refractivity (Wildman–Crippen MR) is 71.7 cm³/mol. The molecule has 0 bridgehead atoms. The van der Waals surface area contributed by atoms with Crippen molar-refractivity contribution in [2.45, 2.75) is 13.2 Å². The Labute approximate surface area is 116 Å². The fraction of sp³-hybridized carbons (Fsp3) is 0.308. The first-order chi connectivity index (χ1) is 9.11. The van der Waals surface area contributed by atoms with Crippen LogP contribution in [0.25, 0.3) is 0 Å². The maximum absolute atomic E-state index is 13.2. The molecule has 0 radical (unpaired) electrons. The molecule has 0 atom stereocenters. The molecule has 1 aromatic heterocycles. The highest BCUT2D eigenvalue weighted by atomic mass is 35.5. The number of nitrogens with zero attached hydrogens (tertiary/aromatic N) is 2. The van der Waals surface area contributed by atoms with Gasteiger partial charge in [-0.05, 0) is 25.2 Å². The Hall–Kier alpha value is -1.59. The second-order valence-corrected chi connectivity index (χ2v) is 4.51. The molecular weight excluding hydrogens is 269 g/mol. The lowest BCUT2D eigenvalue weighted by Crippen LogP contribution is -2.09. The van der Waals surface area contributed by atoms with Gasteiger partial charge in [0.15, 0.2) is 0 Å². The minimum atomic E-state index is -0.280. The van der Waals surface area contributed by atoms with E-state index in [-0.39, 0.29) is 12.4 Å². The van der Waals surface area contributed by atoms with Gasteiger partial charge in [0.2, 0.25) is 0 Å². The quantitative estimate of drug-likeness (QED) is 0.916. The summed E-state index contributed by atoms with van der Waals surface area (Å²) in [6.45, 7) is 0.819. The summed E-state index contributed by atoms with van der Waals surface area (Å²) in [5.74, 6) is 1.07. The molecular formula is C13H15ClFN3O. The van der Waals surface area contributed by atoms with E-state index in [0.29, 0.717) is 23.3 Å². The Balaban J connectivity index is 2.12. The molecule has 102 valence electrons. The van der Waals surface area contributed by atoms with E-state index in [9.17, 15) is 4.39 Å². The van der Waals surface area contributed by atoms with Gasteiger partial charge in [0.1, 0.15) is 29.2 Å². The number of rotatable bonds is 5. The maximum Gasteiger partial charge on any atom is 0.147 e. The number of hydrogen-bond donors (Lipinski definition) is 1. The zero-order valence-electron chi connectivity index (χ0n) is 10.8. The SMILES string of the molecule is CNCc1cc(F)ccc1OCc1ncc(Cl)n1C. The fourth-order valence-electron chi connectivity index (χ4n) is 1.72. The van der Waals surface area contributed by atoms with Gasteiger partial charge >= 0.3 is 0 Å². The van der Waals surface area contributed by atoms with E-state index in [0.717, 1.165) is 5.56 Å². The van der Waals surface area contributed by atoms with E-state index in [1.54, 1.807) is 23.9 Å². The topological polar surface area (TPSA) is 39.1 Å². The number of nitrogens with one attached hydrogen (secondary N) is 1. The summed E-state index contributed by atoms with van der Waals surface area (Å²) >= 11 is 5.90.